The molecular weight excluding hydrogens is 366 g/mol. The maximum absolute atomic E-state index is 12.7. The number of anilines is 1. The van der Waals surface area contributed by atoms with Gasteiger partial charge in [-0.3, -0.25) is 14.4 Å². The first kappa shape index (κ1) is 18.9. The minimum absolute atomic E-state index is 0.126. The fourth-order valence-corrected chi connectivity index (χ4v) is 3.00. The van der Waals surface area contributed by atoms with E-state index in [2.05, 4.69) is 16.0 Å². The van der Waals surface area contributed by atoms with Gasteiger partial charge in [-0.15, -0.1) is 0 Å². The van der Waals surface area contributed by atoms with E-state index < -0.39 is 6.04 Å². The molecule has 0 aliphatic carbocycles. The lowest BCUT2D eigenvalue weighted by molar-refractivity contribution is -0.118. The van der Waals surface area contributed by atoms with Gasteiger partial charge in [-0.05, 0) is 47.9 Å². The van der Waals surface area contributed by atoms with Crippen LogP contribution in [0.2, 0.25) is 5.02 Å². The Labute approximate surface area is 162 Å². The van der Waals surface area contributed by atoms with Gasteiger partial charge >= 0.3 is 0 Å². The molecule has 2 aromatic rings. The molecule has 6 nitrogen and oxygen atoms in total. The van der Waals surface area contributed by atoms with Crippen molar-refractivity contribution in [3.05, 3.63) is 64.2 Å². The number of rotatable bonds is 5. The Balaban J connectivity index is 1.72. The maximum atomic E-state index is 12.7. The highest BCUT2D eigenvalue weighted by atomic mass is 35.5. The standard InChI is InChI=1S/C20H20ClN3O3/c1-11(2)17(24-18(25)12-3-6-14(21)7-4-12)20(27)23-15-8-5-13-10-22-19(26)16(13)9-15/h3-9,11,17H,10H2,1-2H3,(H,22,26)(H,23,27)(H,24,25). The van der Waals surface area contributed by atoms with Gasteiger partial charge < -0.3 is 16.0 Å². The van der Waals surface area contributed by atoms with Crippen molar-refractivity contribution < 1.29 is 14.4 Å². The summed E-state index contributed by atoms with van der Waals surface area (Å²) in [5, 5.41) is 8.81. The molecule has 0 aromatic heterocycles. The summed E-state index contributed by atoms with van der Waals surface area (Å²) in [5.74, 6) is -0.976. The van der Waals surface area contributed by atoms with E-state index in [-0.39, 0.29) is 23.6 Å². The first-order chi connectivity index (χ1) is 12.8. The Morgan fingerprint density at radius 2 is 1.81 bits per heavy atom. The van der Waals surface area contributed by atoms with Crippen LogP contribution in [0.4, 0.5) is 5.69 Å². The molecule has 1 aliphatic heterocycles. The van der Waals surface area contributed by atoms with Gasteiger partial charge in [-0.25, -0.2) is 0 Å². The minimum Gasteiger partial charge on any atom is -0.348 e. The van der Waals surface area contributed by atoms with E-state index in [4.69, 9.17) is 11.6 Å². The molecule has 0 bridgehead atoms. The number of carbonyl (C=O) groups excluding carboxylic acids is 3. The number of amides is 3. The Bertz CT molecular complexity index is 894. The quantitative estimate of drug-likeness (QED) is 0.739. The topological polar surface area (TPSA) is 87.3 Å². The number of hydrogen-bond donors (Lipinski definition) is 3. The average Bonchev–Trinajstić information content (AvgIpc) is 3.00. The van der Waals surface area contributed by atoms with Crippen LogP contribution in [0.15, 0.2) is 42.5 Å². The number of hydrogen-bond acceptors (Lipinski definition) is 3. The zero-order valence-electron chi connectivity index (χ0n) is 15.0. The fraction of sp³-hybridized carbons (Fsp3) is 0.250. The normalized spacial score (nSPS) is 13.7. The van der Waals surface area contributed by atoms with E-state index in [9.17, 15) is 14.4 Å². The summed E-state index contributed by atoms with van der Waals surface area (Å²) in [7, 11) is 0. The Morgan fingerprint density at radius 3 is 2.48 bits per heavy atom. The van der Waals surface area contributed by atoms with Gasteiger partial charge in [0.05, 0.1) is 0 Å². The summed E-state index contributed by atoms with van der Waals surface area (Å²) < 4.78 is 0. The highest BCUT2D eigenvalue weighted by Gasteiger charge is 2.26. The van der Waals surface area contributed by atoms with Gasteiger partial charge in [-0.1, -0.05) is 31.5 Å². The molecule has 3 rings (SSSR count). The third-order valence-electron chi connectivity index (χ3n) is 4.40. The average molecular weight is 386 g/mol. The molecule has 0 fully saturated rings. The Morgan fingerprint density at radius 1 is 1.11 bits per heavy atom. The number of fused-ring (bicyclic) bond motifs is 1. The molecule has 140 valence electrons. The van der Waals surface area contributed by atoms with Crippen molar-refractivity contribution in [2.24, 2.45) is 5.92 Å². The molecule has 3 N–H and O–H groups in total. The van der Waals surface area contributed by atoms with Crippen molar-refractivity contribution in [1.82, 2.24) is 10.6 Å². The lowest BCUT2D eigenvalue weighted by Crippen LogP contribution is -2.47. The maximum Gasteiger partial charge on any atom is 0.251 e. The van der Waals surface area contributed by atoms with E-state index in [1.54, 1.807) is 42.5 Å². The van der Waals surface area contributed by atoms with Crippen LogP contribution >= 0.6 is 11.6 Å². The lowest BCUT2D eigenvalue weighted by atomic mass is 10.0. The van der Waals surface area contributed by atoms with E-state index >= 15 is 0 Å². The summed E-state index contributed by atoms with van der Waals surface area (Å²) in [6.07, 6.45) is 0. The summed E-state index contributed by atoms with van der Waals surface area (Å²) >= 11 is 5.84. The second-order valence-corrected chi connectivity index (χ2v) is 7.18. The summed E-state index contributed by atoms with van der Waals surface area (Å²) in [5.41, 5.74) is 2.39. The van der Waals surface area contributed by atoms with Crippen LogP contribution in [0.3, 0.4) is 0 Å². The van der Waals surface area contributed by atoms with Crippen LogP contribution < -0.4 is 16.0 Å². The SMILES string of the molecule is CC(C)C(NC(=O)c1ccc(Cl)cc1)C(=O)Nc1ccc2c(c1)C(=O)NC2. The molecule has 1 atom stereocenters. The Hall–Kier alpha value is -2.86. The second kappa shape index (κ2) is 7.80. The molecule has 7 heteroatoms. The van der Waals surface area contributed by atoms with E-state index in [1.165, 1.54) is 0 Å². The van der Waals surface area contributed by atoms with Gasteiger partial charge in [0, 0.05) is 28.4 Å². The van der Waals surface area contributed by atoms with Crippen LogP contribution in [0.25, 0.3) is 0 Å². The smallest absolute Gasteiger partial charge is 0.251 e. The van der Waals surface area contributed by atoms with Crippen molar-refractivity contribution in [2.45, 2.75) is 26.4 Å². The first-order valence-electron chi connectivity index (χ1n) is 8.63. The van der Waals surface area contributed by atoms with E-state index in [0.29, 0.717) is 28.4 Å². The van der Waals surface area contributed by atoms with Crippen LogP contribution in [0.1, 0.15) is 40.1 Å². The Kier molecular flexibility index (Phi) is 5.46. The summed E-state index contributed by atoms with van der Waals surface area (Å²) in [4.78, 5) is 36.9. The second-order valence-electron chi connectivity index (χ2n) is 6.75. The van der Waals surface area contributed by atoms with Crippen LogP contribution in [-0.4, -0.2) is 23.8 Å². The van der Waals surface area contributed by atoms with Gasteiger partial charge in [0.25, 0.3) is 11.8 Å². The first-order valence-corrected chi connectivity index (χ1v) is 9.01. The molecular formula is C20H20ClN3O3. The molecule has 0 saturated heterocycles. The fourth-order valence-electron chi connectivity index (χ4n) is 2.87. The zero-order chi connectivity index (χ0) is 19.6. The third-order valence-corrected chi connectivity index (χ3v) is 4.66. The summed E-state index contributed by atoms with van der Waals surface area (Å²) in [6, 6.07) is 10.9. The molecule has 0 saturated carbocycles. The number of halogens is 1. The predicted octanol–water partition coefficient (Wildman–Crippen LogP) is 2.98. The molecule has 3 amide bonds. The molecule has 1 aliphatic rings. The molecule has 1 unspecified atom stereocenters. The number of nitrogens with one attached hydrogen (secondary N) is 3. The van der Waals surface area contributed by atoms with Crippen molar-refractivity contribution in [3.8, 4) is 0 Å². The zero-order valence-corrected chi connectivity index (χ0v) is 15.8. The van der Waals surface area contributed by atoms with Gasteiger partial charge in [0.1, 0.15) is 6.04 Å². The third kappa shape index (κ3) is 4.28. The van der Waals surface area contributed by atoms with Crippen LogP contribution in [0.5, 0.6) is 0 Å². The lowest BCUT2D eigenvalue weighted by Gasteiger charge is -2.22. The van der Waals surface area contributed by atoms with Crippen LogP contribution in [0, 0.1) is 5.92 Å². The highest BCUT2D eigenvalue weighted by Crippen LogP contribution is 2.20. The van der Waals surface area contributed by atoms with Crippen molar-refractivity contribution in [1.29, 1.82) is 0 Å². The monoisotopic (exact) mass is 385 g/mol. The van der Waals surface area contributed by atoms with E-state index in [1.807, 2.05) is 13.8 Å². The highest BCUT2D eigenvalue weighted by molar-refractivity contribution is 6.30. The van der Waals surface area contributed by atoms with Crippen molar-refractivity contribution in [2.75, 3.05) is 5.32 Å². The van der Waals surface area contributed by atoms with E-state index in [0.717, 1.165) is 5.56 Å². The van der Waals surface area contributed by atoms with Crippen molar-refractivity contribution in [3.63, 3.8) is 0 Å². The molecule has 27 heavy (non-hydrogen) atoms. The van der Waals surface area contributed by atoms with Gasteiger partial charge in [-0.2, -0.15) is 0 Å². The van der Waals surface area contributed by atoms with Gasteiger partial charge in [0.15, 0.2) is 0 Å². The number of carbonyl (C=O) groups is 3. The molecule has 0 radical (unpaired) electrons. The number of benzene rings is 2. The van der Waals surface area contributed by atoms with Gasteiger partial charge in [0.2, 0.25) is 5.91 Å². The molecule has 2 aromatic carbocycles. The van der Waals surface area contributed by atoms with Crippen molar-refractivity contribution >= 4 is 35.0 Å². The van der Waals surface area contributed by atoms with Crippen LogP contribution in [-0.2, 0) is 11.3 Å². The molecule has 1 heterocycles. The predicted molar refractivity (Wildman–Crippen MR) is 104 cm³/mol. The largest absolute Gasteiger partial charge is 0.348 e. The molecule has 0 spiro atoms. The summed E-state index contributed by atoms with van der Waals surface area (Å²) in [6.45, 7) is 4.19. The minimum atomic E-state index is -0.727.